The molecule has 4 nitrogen and oxygen atoms in total. The molecule has 1 saturated heterocycles. The first-order valence-corrected chi connectivity index (χ1v) is 8.79. The van der Waals surface area contributed by atoms with Crippen LogP contribution in [0.1, 0.15) is 0 Å². The Bertz CT molecular complexity index is 473. The SMILES string of the molecule is O=S1(=O)CCN(c2ccc(OCCBr)cc2)CC1. The summed E-state index contributed by atoms with van der Waals surface area (Å²) < 4.78 is 28.2. The Morgan fingerprint density at radius 3 is 2.33 bits per heavy atom. The van der Waals surface area contributed by atoms with Crippen molar-refractivity contribution in [1.82, 2.24) is 0 Å². The second-order valence-corrected chi connectivity index (χ2v) is 7.27. The molecule has 0 radical (unpaired) electrons. The van der Waals surface area contributed by atoms with Crippen molar-refractivity contribution in [2.75, 3.05) is 41.4 Å². The van der Waals surface area contributed by atoms with Crippen LogP contribution in [0.2, 0.25) is 0 Å². The fourth-order valence-corrected chi connectivity index (χ4v) is 3.24. The van der Waals surface area contributed by atoms with Crippen molar-refractivity contribution in [3.63, 3.8) is 0 Å². The average molecular weight is 334 g/mol. The molecule has 1 aromatic carbocycles. The molecule has 18 heavy (non-hydrogen) atoms. The molecule has 0 aliphatic carbocycles. The van der Waals surface area contributed by atoms with Crippen molar-refractivity contribution in [1.29, 1.82) is 0 Å². The summed E-state index contributed by atoms with van der Waals surface area (Å²) in [4.78, 5) is 2.09. The molecule has 1 heterocycles. The minimum absolute atomic E-state index is 0.245. The Hall–Kier alpha value is -0.750. The van der Waals surface area contributed by atoms with Crippen LogP contribution in [0.15, 0.2) is 24.3 Å². The number of benzene rings is 1. The highest BCUT2D eigenvalue weighted by Gasteiger charge is 2.21. The second-order valence-electron chi connectivity index (χ2n) is 4.17. The molecular weight excluding hydrogens is 318 g/mol. The molecule has 1 aliphatic rings. The summed E-state index contributed by atoms with van der Waals surface area (Å²) in [5.74, 6) is 1.33. The van der Waals surface area contributed by atoms with E-state index < -0.39 is 9.84 Å². The van der Waals surface area contributed by atoms with Gasteiger partial charge < -0.3 is 9.64 Å². The number of hydrogen-bond donors (Lipinski definition) is 0. The molecule has 0 spiro atoms. The maximum Gasteiger partial charge on any atom is 0.153 e. The fourth-order valence-electron chi connectivity index (χ4n) is 1.88. The summed E-state index contributed by atoms with van der Waals surface area (Å²) in [7, 11) is -2.82. The normalized spacial score (nSPS) is 18.6. The standard InChI is InChI=1S/C12H16BrNO3S/c13-5-8-17-12-3-1-11(2-4-12)14-6-9-18(15,16)10-7-14/h1-4H,5-10H2. The van der Waals surface area contributed by atoms with Gasteiger partial charge in [0.05, 0.1) is 18.1 Å². The number of ether oxygens (including phenoxy) is 1. The van der Waals surface area contributed by atoms with Crippen molar-refractivity contribution >= 4 is 31.5 Å². The summed E-state index contributed by atoms with van der Waals surface area (Å²) in [5, 5.41) is 0.804. The van der Waals surface area contributed by atoms with Crippen LogP contribution >= 0.6 is 15.9 Å². The zero-order chi connectivity index (χ0) is 13.0. The third-order valence-corrected chi connectivity index (χ3v) is 4.83. The topological polar surface area (TPSA) is 46.6 Å². The van der Waals surface area contributed by atoms with Crippen LogP contribution in [-0.4, -0.2) is 44.9 Å². The third kappa shape index (κ3) is 3.62. The Labute approximate surface area is 116 Å². The smallest absolute Gasteiger partial charge is 0.153 e. The number of alkyl halides is 1. The number of halogens is 1. The Morgan fingerprint density at radius 1 is 1.17 bits per heavy atom. The van der Waals surface area contributed by atoms with Gasteiger partial charge >= 0.3 is 0 Å². The van der Waals surface area contributed by atoms with Gasteiger partial charge in [0.1, 0.15) is 5.75 Å². The predicted octanol–water partition coefficient (Wildman–Crippen LogP) is 1.70. The lowest BCUT2D eigenvalue weighted by molar-refractivity contribution is 0.345. The van der Waals surface area contributed by atoms with Crippen LogP contribution in [0.5, 0.6) is 5.75 Å². The number of anilines is 1. The molecule has 0 amide bonds. The van der Waals surface area contributed by atoms with Gasteiger partial charge in [0.25, 0.3) is 0 Å². The van der Waals surface area contributed by atoms with Gasteiger partial charge in [-0.25, -0.2) is 8.42 Å². The fraction of sp³-hybridized carbons (Fsp3) is 0.500. The van der Waals surface area contributed by atoms with Crippen molar-refractivity contribution in [3.8, 4) is 5.75 Å². The van der Waals surface area contributed by atoms with Gasteiger partial charge in [-0.15, -0.1) is 0 Å². The maximum absolute atomic E-state index is 11.3. The van der Waals surface area contributed by atoms with E-state index >= 15 is 0 Å². The molecule has 2 rings (SSSR count). The van der Waals surface area contributed by atoms with E-state index in [2.05, 4.69) is 20.8 Å². The van der Waals surface area contributed by atoms with E-state index in [1.54, 1.807) is 0 Å². The molecule has 1 aliphatic heterocycles. The van der Waals surface area contributed by atoms with Crippen molar-refractivity contribution in [3.05, 3.63) is 24.3 Å². The number of hydrogen-bond acceptors (Lipinski definition) is 4. The average Bonchev–Trinajstić information content (AvgIpc) is 2.37. The first kappa shape index (κ1) is 13.7. The van der Waals surface area contributed by atoms with Gasteiger partial charge in [-0.2, -0.15) is 0 Å². The number of nitrogens with zero attached hydrogens (tertiary/aromatic N) is 1. The van der Waals surface area contributed by atoms with Crippen LogP contribution in [0.4, 0.5) is 5.69 Å². The Balaban J connectivity index is 1.98. The molecule has 1 aromatic rings. The van der Waals surface area contributed by atoms with E-state index in [4.69, 9.17) is 4.74 Å². The lowest BCUT2D eigenvalue weighted by atomic mass is 10.2. The molecule has 0 atom stereocenters. The van der Waals surface area contributed by atoms with Gasteiger partial charge in [-0.05, 0) is 24.3 Å². The molecule has 0 unspecified atom stereocenters. The predicted molar refractivity (Wildman–Crippen MR) is 76.6 cm³/mol. The highest BCUT2D eigenvalue weighted by atomic mass is 79.9. The van der Waals surface area contributed by atoms with E-state index in [0.717, 1.165) is 16.8 Å². The molecule has 6 heteroatoms. The lowest BCUT2D eigenvalue weighted by Crippen LogP contribution is -2.40. The summed E-state index contributed by atoms with van der Waals surface area (Å²) in [6.45, 7) is 1.79. The van der Waals surface area contributed by atoms with E-state index in [-0.39, 0.29) is 11.5 Å². The molecule has 0 aromatic heterocycles. The van der Waals surface area contributed by atoms with Gasteiger partial charge in [-0.3, -0.25) is 0 Å². The Kier molecular flexibility index (Phi) is 4.50. The van der Waals surface area contributed by atoms with Crippen molar-refractivity contribution in [2.45, 2.75) is 0 Å². The quantitative estimate of drug-likeness (QED) is 0.787. The van der Waals surface area contributed by atoms with Crippen LogP contribution < -0.4 is 9.64 Å². The first-order valence-electron chi connectivity index (χ1n) is 5.85. The summed E-state index contributed by atoms with van der Waals surface area (Å²) in [5.41, 5.74) is 1.05. The highest BCUT2D eigenvalue weighted by Crippen LogP contribution is 2.21. The van der Waals surface area contributed by atoms with E-state index in [1.165, 1.54) is 0 Å². The van der Waals surface area contributed by atoms with Gasteiger partial charge in [0, 0.05) is 24.1 Å². The van der Waals surface area contributed by atoms with Crippen LogP contribution in [0.3, 0.4) is 0 Å². The summed E-state index contributed by atoms with van der Waals surface area (Å²) >= 11 is 3.30. The van der Waals surface area contributed by atoms with Gasteiger partial charge in [0.2, 0.25) is 0 Å². The zero-order valence-corrected chi connectivity index (χ0v) is 12.4. The number of sulfone groups is 1. The first-order chi connectivity index (χ1) is 8.61. The maximum atomic E-state index is 11.3. The van der Waals surface area contributed by atoms with Crippen LogP contribution in [-0.2, 0) is 9.84 Å². The van der Waals surface area contributed by atoms with Gasteiger partial charge in [-0.1, -0.05) is 15.9 Å². The van der Waals surface area contributed by atoms with E-state index in [9.17, 15) is 8.42 Å². The third-order valence-electron chi connectivity index (χ3n) is 2.89. The van der Waals surface area contributed by atoms with E-state index in [1.807, 2.05) is 24.3 Å². The monoisotopic (exact) mass is 333 g/mol. The molecular formula is C12H16BrNO3S. The minimum Gasteiger partial charge on any atom is -0.493 e. The minimum atomic E-state index is -2.82. The summed E-state index contributed by atoms with van der Waals surface area (Å²) in [6.07, 6.45) is 0. The van der Waals surface area contributed by atoms with Crippen molar-refractivity contribution < 1.29 is 13.2 Å². The lowest BCUT2D eigenvalue weighted by Gasteiger charge is -2.28. The zero-order valence-electron chi connectivity index (χ0n) is 10.0. The Morgan fingerprint density at radius 2 is 1.78 bits per heavy atom. The molecule has 0 bridgehead atoms. The molecule has 0 N–H and O–H groups in total. The second kappa shape index (κ2) is 5.93. The molecule has 1 fully saturated rings. The molecule has 0 saturated carbocycles. The van der Waals surface area contributed by atoms with Crippen molar-refractivity contribution in [2.24, 2.45) is 0 Å². The highest BCUT2D eigenvalue weighted by molar-refractivity contribution is 9.09. The van der Waals surface area contributed by atoms with Crippen LogP contribution in [0, 0.1) is 0 Å². The largest absolute Gasteiger partial charge is 0.493 e. The number of rotatable bonds is 4. The van der Waals surface area contributed by atoms with E-state index in [0.29, 0.717) is 19.7 Å². The van der Waals surface area contributed by atoms with Gasteiger partial charge in [0.15, 0.2) is 9.84 Å². The van der Waals surface area contributed by atoms with Crippen LogP contribution in [0.25, 0.3) is 0 Å². The molecule has 100 valence electrons. The summed E-state index contributed by atoms with van der Waals surface area (Å²) in [6, 6.07) is 7.78.